The molecule has 15 heavy (non-hydrogen) atoms. The lowest BCUT2D eigenvalue weighted by Crippen LogP contribution is -2.07. The minimum Gasteiger partial charge on any atom is -0.478 e. The zero-order chi connectivity index (χ0) is 11.6. The summed E-state index contributed by atoms with van der Waals surface area (Å²) in [7, 11) is 0. The third-order valence-electron chi connectivity index (χ3n) is 1.63. The molecule has 0 unspecified atom stereocenters. The summed E-state index contributed by atoms with van der Waals surface area (Å²) in [5.74, 6) is -1.20. The molecule has 7 heteroatoms. The van der Waals surface area contributed by atoms with E-state index >= 15 is 0 Å². The maximum atomic E-state index is 12.4. The number of carboxylic acid groups (broad SMARTS) is 1. The first-order valence-electron chi connectivity index (χ1n) is 3.74. The maximum absolute atomic E-state index is 12.4. The van der Waals surface area contributed by atoms with E-state index in [4.69, 9.17) is 5.11 Å². The molecule has 0 aromatic carbocycles. The molecule has 0 aliphatic rings. The number of halogens is 4. The lowest BCUT2D eigenvalue weighted by Gasteiger charge is -2.07. The average Bonchev–Trinajstić information content (AvgIpc) is 2.15. The summed E-state index contributed by atoms with van der Waals surface area (Å²) in [5, 5.41) is 8.93. The number of aromatic nitrogens is 1. The van der Waals surface area contributed by atoms with Crippen LogP contribution in [-0.2, 0) is 5.33 Å². The molecule has 0 aliphatic heterocycles. The molecule has 1 rings (SSSR count). The Kier molecular flexibility index (Phi) is 4.15. The molecule has 0 radical (unpaired) electrons. The zero-order valence-corrected chi connectivity index (χ0v) is 10.3. The van der Waals surface area contributed by atoms with Crippen LogP contribution in [0.4, 0.5) is 8.78 Å². The summed E-state index contributed by atoms with van der Waals surface area (Å²) in [6.45, 7) is 0. The fourth-order valence-electron chi connectivity index (χ4n) is 1.02. The predicted octanol–water partition coefficient (Wildman–Crippen LogP) is 3.37. The molecule has 1 heterocycles. The third-order valence-corrected chi connectivity index (χ3v) is 2.79. The van der Waals surface area contributed by atoms with E-state index in [0.29, 0.717) is 0 Å². The monoisotopic (exact) mass is 343 g/mol. The number of hydrogen-bond acceptors (Lipinski definition) is 2. The fourth-order valence-corrected chi connectivity index (χ4v) is 2.06. The minimum atomic E-state index is -2.72. The topological polar surface area (TPSA) is 50.2 Å². The van der Waals surface area contributed by atoms with Gasteiger partial charge in [-0.2, -0.15) is 0 Å². The van der Waals surface area contributed by atoms with E-state index in [0.717, 1.165) is 6.07 Å². The van der Waals surface area contributed by atoms with Crippen molar-refractivity contribution in [1.82, 2.24) is 4.98 Å². The highest BCUT2D eigenvalue weighted by Gasteiger charge is 2.19. The van der Waals surface area contributed by atoms with Gasteiger partial charge in [-0.1, -0.05) is 15.9 Å². The van der Waals surface area contributed by atoms with E-state index in [1.165, 1.54) is 0 Å². The Morgan fingerprint density at radius 2 is 2.20 bits per heavy atom. The highest BCUT2D eigenvalue weighted by Crippen LogP contribution is 2.27. The number of carboxylic acids is 1. The standard InChI is InChI=1S/C8H5Br2F2NO2/c9-2-5-6(8(14)15)3(10)1-4(13-5)7(11)12/h1,7H,2H2,(H,14,15). The summed E-state index contributed by atoms with van der Waals surface area (Å²) in [5.41, 5.74) is -0.468. The van der Waals surface area contributed by atoms with Crippen molar-refractivity contribution < 1.29 is 18.7 Å². The molecule has 82 valence electrons. The van der Waals surface area contributed by atoms with Crippen LogP contribution in [0.1, 0.15) is 28.2 Å². The van der Waals surface area contributed by atoms with Crippen molar-refractivity contribution in [1.29, 1.82) is 0 Å². The molecule has 0 atom stereocenters. The van der Waals surface area contributed by atoms with E-state index in [9.17, 15) is 13.6 Å². The highest BCUT2D eigenvalue weighted by atomic mass is 79.9. The van der Waals surface area contributed by atoms with Gasteiger partial charge < -0.3 is 5.11 Å². The van der Waals surface area contributed by atoms with Crippen LogP contribution in [0, 0.1) is 0 Å². The van der Waals surface area contributed by atoms with E-state index in [2.05, 4.69) is 36.8 Å². The van der Waals surface area contributed by atoms with Crippen LogP contribution in [0.2, 0.25) is 0 Å². The number of alkyl halides is 3. The highest BCUT2D eigenvalue weighted by molar-refractivity contribution is 9.10. The first-order chi connectivity index (χ1) is 6.97. The predicted molar refractivity (Wildman–Crippen MR) is 56.5 cm³/mol. The summed E-state index contributed by atoms with van der Waals surface area (Å²) in [6.07, 6.45) is -2.72. The maximum Gasteiger partial charge on any atom is 0.338 e. The van der Waals surface area contributed by atoms with Crippen LogP contribution in [0.3, 0.4) is 0 Å². The van der Waals surface area contributed by atoms with Crippen molar-refractivity contribution in [2.75, 3.05) is 0 Å². The SMILES string of the molecule is O=C(O)c1c(Br)cc(C(F)F)nc1CBr. The molecule has 0 bridgehead atoms. The first-order valence-corrected chi connectivity index (χ1v) is 5.65. The van der Waals surface area contributed by atoms with E-state index in [1.807, 2.05) is 0 Å². The molecule has 1 aromatic heterocycles. The normalized spacial score (nSPS) is 10.7. The van der Waals surface area contributed by atoms with Gasteiger partial charge in [-0.3, -0.25) is 0 Å². The van der Waals surface area contributed by atoms with Gasteiger partial charge in [-0.25, -0.2) is 18.6 Å². The Morgan fingerprint density at radius 3 is 2.60 bits per heavy atom. The Balaban J connectivity index is 3.37. The van der Waals surface area contributed by atoms with Gasteiger partial charge in [0.15, 0.2) is 0 Å². The Bertz CT molecular complexity index is 398. The van der Waals surface area contributed by atoms with Crippen LogP contribution >= 0.6 is 31.9 Å². The second-order valence-electron chi connectivity index (χ2n) is 2.59. The van der Waals surface area contributed by atoms with Crippen LogP contribution in [-0.4, -0.2) is 16.1 Å². The van der Waals surface area contributed by atoms with Crippen molar-refractivity contribution in [3.63, 3.8) is 0 Å². The molecule has 0 amide bonds. The molecule has 0 saturated heterocycles. The van der Waals surface area contributed by atoms with Gasteiger partial charge in [0.2, 0.25) is 0 Å². The molecular weight excluding hydrogens is 340 g/mol. The molecule has 1 aromatic rings. The van der Waals surface area contributed by atoms with E-state index < -0.39 is 18.1 Å². The number of pyridine rings is 1. The lowest BCUT2D eigenvalue weighted by molar-refractivity contribution is 0.0693. The summed E-state index contributed by atoms with van der Waals surface area (Å²) < 4.78 is 24.8. The van der Waals surface area contributed by atoms with Gasteiger partial charge in [0, 0.05) is 9.80 Å². The molecular formula is C8H5Br2F2NO2. The van der Waals surface area contributed by atoms with Crippen molar-refractivity contribution in [2.45, 2.75) is 11.8 Å². The van der Waals surface area contributed by atoms with E-state index in [1.54, 1.807) is 0 Å². The smallest absolute Gasteiger partial charge is 0.338 e. The largest absolute Gasteiger partial charge is 0.478 e. The summed E-state index contributed by atoms with van der Waals surface area (Å²) in [6, 6.07) is 1.01. The van der Waals surface area contributed by atoms with Gasteiger partial charge in [-0.05, 0) is 22.0 Å². The minimum absolute atomic E-state index is 0.0761. The molecule has 0 spiro atoms. The Labute approximate surface area is 101 Å². The molecule has 0 saturated carbocycles. The van der Waals surface area contributed by atoms with Crippen LogP contribution in [0.25, 0.3) is 0 Å². The third kappa shape index (κ3) is 2.72. The average molecular weight is 345 g/mol. The fraction of sp³-hybridized carbons (Fsp3) is 0.250. The van der Waals surface area contributed by atoms with Gasteiger partial charge in [0.25, 0.3) is 6.43 Å². The molecule has 0 fully saturated rings. The zero-order valence-electron chi connectivity index (χ0n) is 7.18. The second-order valence-corrected chi connectivity index (χ2v) is 4.01. The number of hydrogen-bond donors (Lipinski definition) is 1. The summed E-state index contributed by atoms with van der Waals surface area (Å²) in [4.78, 5) is 14.4. The molecule has 1 N–H and O–H groups in total. The van der Waals surface area contributed by atoms with Crippen LogP contribution in [0.15, 0.2) is 10.5 Å². The summed E-state index contributed by atoms with van der Waals surface area (Å²) >= 11 is 5.94. The lowest BCUT2D eigenvalue weighted by atomic mass is 10.2. The van der Waals surface area contributed by atoms with E-state index in [-0.39, 0.29) is 21.1 Å². The molecule has 0 aliphatic carbocycles. The van der Waals surface area contributed by atoms with Gasteiger partial charge >= 0.3 is 5.97 Å². The van der Waals surface area contributed by atoms with Crippen molar-refractivity contribution >= 4 is 37.8 Å². The van der Waals surface area contributed by atoms with Crippen molar-refractivity contribution in [2.24, 2.45) is 0 Å². The van der Waals surface area contributed by atoms with Crippen molar-refractivity contribution in [3.8, 4) is 0 Å². The van der Waals surface area contributed by atoms with Gasteiger partial charge in [0.1, 0.15) is 5.69 Å². The molecule has 3 nitrogen and oxygen atoms in total. The van der Waals surface area contributed by atoms with Gasteiger partial charge in [0.05, 0.1) is 11.3 Å². The van der Waals surface area contributed by atoms with Crippen molar-refractivity contribution in [3.05, 3.63) is 27.5 Å². The Morgan fingerprint density at radius 1 is 1.60 bits per heavy atom. The number of nitrogens with zero attached hydrogens (tertiary/aromatic N) is 1. The number of aromatic carboxylic acids is 1. The van der Waals surface area contributed by atoms with Gasteiger partial charge in [-0.15, -0.1) is 0 Å². The Hall–Kier alpha value is -0.560. The van der Waals surface area contributed by atoms with Crippen LogP contribution in [0.5, 0.6) is 0 Å². The first kappa shape index (κ1) is 12.5. The number of carbonyl (C=O) groups is 1. The second kappa shape index (κ2) is 4.98. The number of rotatable bonds is 3. The quantitative estimate of drug-likeness (QED) is 0.855. The van der Waals surface area contributed by atoms with Crippen LogP contribution < -0.4 is 0 Å².